The maximum atomic E-state index is 12.3. The number of aliphatic carboxylic acids is 1. The molecule has 19 heavy (non-hydrogen) atoms. The smallest absolute Gasteiger partial charge is 0.314 e. The fourth-order valence-corrected chi connectivity index (χ4v) is 1.96. The Morgan fingerprint density at radius 2 is 1.89 bits per heavy atom. The van der Waals surface area contributed by atoms with E-state index in [-0.39, 0.29) is 6.42 Å². The largest absolute Gasteiger partial charge is 0.497 e. The van der Waals surface area contributed by atoms with Crippen molar-refractivity contribution in [2.24, 2.45) is 5.92 Å². The van der Waals surface area contributed by atoms with E-state index in [4.69, 9.17) is 14.6 Å². The first-order valence-electron chi connectivity index (χ1n) is 5.95. The molecule has 0 aliphatic heterocycles. The van der Waals surface area contributed by atoms with Crippen molar-refractivity contribution < 1.29 is 24.2 Å². The Bertz CT molecular complexity index is 493. The van der Waals surface area contributed by atoms with E-state index in [0.29, 0.717) is 22.6 Å². The van der Waals surface area contributed by atoms with Gasteiger partial charge in [-0.25, -0.2) is 0 Å². The second-order valence-corrected chi connectivity index (χ2v) is 4.18. The number of benzene rings is 1. The van der Waals surface area contributed by atoms with E-state index in [0.717, 1.165) is 0 Å². The van der Waals surface area contributed by atoms with Crippen LogP contribution in [-0.4, -0.2) is 31.1 Å². The van der Waals surface area contributed by atoms with Crippen LogP contribution in [-0.2, 0) is 4.79 Å². The molecule has 0 heterocycles. The molecule has 5 heteroatoms. The lowest BCUT2D eigenvalue weighted by molar-refractivity contribution is -0.140. The summed E-state index contributed by atoms with van der Waals surface area (Å²) in [6, 6.07) is 3.26. The summed E-state index contributed by atoms with van der Waals surface area (Å²) in [5.41, 5.74) is 0.943. The monoisotopic (exact) mass is 266 g/mol. The molecular formula is C14H18O5. The van der Waals surface area contributed by atoms with Gasteiger partial charge in [-0.05, 0) is 25.0 Å². The molecule has 0 fully saturated rings. The maximum absolute atomic E-state index is 12.3. The number of ether oxygens (including phenoxy) is 2. The first kappa shape index (κ1) is 15.0. The maximum Gasteiger partial charge on any atom is 0.314 e. The summed E-state index contributed by atoms with van der Waals surface area (Å²) >= 11 is 0. The lowest BCUT2D eigenvalue weighted by atomic mass is 9.92. The third kappa shape index (κ3) is 3.05. The molecule has 0 radical (unpaired) electrons. The standard InChI is InChI=1S/C14H18O5/c1-5-10(14(16)17)13(15)12-8(2)6-9(18-3)7-11(12)19-4/h6-7,10H,5H2,1-4H3,(H,16,17). The SMILES string of the molecule is CCC(C(=O)O)C(=O)c1c(C)cc(OC)cc1OC. The van der Waals surface area contributed by atoms with Gasteiger partial charge in [0, 0.05) is 6.07 Å². The van der Waals surface area contributed by atoms with Crippen molar-refractivity contribution in [2.75, 3.05) is 14.2 Å². The highest BCUT2D eigenvalue weighted by molar-refractivity contribution is 6.10. The molecule has 0 saturated carbocycles. The molecule has 1 rings (SSSR count). The quantitative estimate of drug-likeness (QED) is 0.631. The van der Waals surface area contributed by atoms with Gasteiger partial charge in [-0.1, -0.05) is 6.92 Å². The second kappa shape index (κ2) is 6.22. The molecule has 0 aliphatic carbocycles. The van der Waals surface area contributed by atoms with Gasteiger partial charge in [0.2, 0.25) is 0 Å². The number of hydrogen-bond donors (Lipinski definition) is 1. The van der Waals surface area contributed by atoms with Crippen molar-refractivity contribution in [1.82, 2.24) is 0 Å². The Labute approximate surface area is 112 Å². The summed E-state index contributed by atoms with van der Waals surface area (Å²) in [6.45, 7) is 3.40. The third-order valence-electron chi connectivity index (χ3n) is 3.00. The zero-order valence-electron chi connectivity index (χ0n) is 11.5. The van der Waals surface area contributed by atoms with Crippen molar-refractivity contribution in [1.29, 1.82) is 0 Å². The summed E-state index contributed by atoms with van der Waals surface area (Å²) in [7, 11) is 2.95. The van der Waals surface area contributed by atoms with Crippen molar-refractivity contribution in [3.8, 4) is 11.5 Å². The molecule has 1 aromatic carbocycles. The number of carboxylic acids is 1. The van der Waals surface area contributed by atoms with E-state index in [9.17, 15) is 9.59 Å². The van der Waals surface area contributed by atoms with Crippen molar-refractivity contribution in [2.45, 2.75) is 20.3 Å². The molecule has 1 aromatic rings. The summed E-state index contributed by atoms with van der Waals surface area (Å²) in [6.07, 6.45) is 0.239. The molecule has 1 atom stereocenters. The fraction of sp³-hybridized carbons (Fsp3) is 0.429. The van der Waals surface area contributed by atoms with Crippen LogP contribution in [0.4, 0.5) is 0 Å². The minimum atomic E-state index is -1.12. The first-order chi connectivity index (χ1) is 8.96. The number of hydrogen-bond acceptors (Lipinski definition) is 4. The highest BCUT2D eigenvalue weighted by Gasteiger charge is 2.29. The van der Waals surface area contributed by atoms with Gasteiger partial charge in [0.15, 0.2) is 5.78 Å². The Hall–Kier alpha value is -2.04. The van der Waals surface area contributed by atoms with Crippen LogP contribution < -0.4 is 9.47 Å². The number of carbonyl (C=O) groups excluding carboxylic acids is 1. The predicted molar refractivity (Wildman–Crippen MR) is 70.0 cm³/mol. The molecular weight excluding hydrogens is 248 g/mol. The van der Waals surface area contributed by atoms with E-state index in [1.165, 1.54) is 14.2 Å². The van der Waals surface area contributed by atoms with E-state index in [1.54, 1.807) is 26.0 Å². The van der Waals surface area contributed by atoms with Crippen molar-refractivity contribution >= 4 is 11.8 Å². The lowest BCUT2D eigenvalue weighted by Gasteiger charge is -2.15. The van der Waals surface area contributed by atoms with Crippen LogP contribution in [0.25, 0.3) is 0 Å². The van der Waals surface area contributed by atoms with Crippen LogP contribution in [0.5, 0.6) is 11.5 Å². The number of carboxylic acid groups (broad SMARTS) is 1. The Balaban J connectivity index is 3.33. The molecule has 0 bridgehead atoms. The minimum Gasteiger partial charge on any atom is -0.497 e. The predicted octanol–water partition coefficient (Wildman–Crippen LogP) is 2.31. The topological polar surface area (TPSA) is 72.8 Å². The second-order valence-electron chi connectivity index (χ2n) is 4.18. The van der Waals surface area contributed by atoms with Crippen molar-refractivity contribution in [3.05, 3.63) is 23.3 Å². The molecule has 0 spiro atoms. The number of ketones is 1. The van der Waals surface area contributed by atoms with E-state index in [1.807, 2.05) is 0 Å². The lowest BCUT2D eigenvalue weighted by Crippen LogP contribution is -2.24. The summed E-state index contributed by atoms with van der Waals surface area (Å²) in [5, 5.41) is 9.07. The number of aryl methyl sites for hydroxylation is 1. The number of Topliss-reactive ketones (excluding diaryl/α,β-unsaturated/α-hetero) is 1. The van der Waals surface area contributed by atoms with Gasteiger partial charge >= 0.3 is 5.97 Å². The Morgan fingerprint density at radius 3 is 2.32 bits per heavy atom. The average Bonchev–Trinajstić information content (AvgIpc) is 2.37. The molecule has 1 unspecified atom stereocenters. The van der Waals surface area contributed by atoms with Gasteiger partial charge in [0.05, 0.1) is 19.8 Å². The van der Waals surface area contributed by atoms with Gasteiger partial charge in [-0.2, -0.15) is 0 Å². The normalized spacial score (nSPS) is 11.8. The zero-order valence-corrected chi connectivity index (χ0v) is 11.5. The van der Waals surface area contributed by atoms with Crippen LogP contribution >= 0.6 is 0 Å². The Morgan fingerprint density at radius 1 is 1.26 bits per heavy atom. The van der Waals surface area contributed by atoms with E-state index >= 15 is 0 Å². The van der Waals surface area contributed by atoms with E-state index < -0.39 is 17.7 Å². The van der Waals surface area contributed by atoms with Crippen LogP contribution in [0.15, 0.2) is 12.1 Å². The van der Waals surface area contributed by atoms with E-state index in [2.05, 4.69) is 0 Å². The summed E-state index contributed by atoms with van der Waals surface area (Å²) in [5.74, 6) is -1.71. The van der Waals surface area contributed by atoms with Gasteiger partial charge in [-0.3, -0.25) is 9.59 Å². The summed E-state index contributed by atoms with van der Waals surface area (Å²) < 4.78 is 10.3. The summed E-state index contributed by atoms with van der Waals surface area (Å²) in [4.78, 5) is 23.4. The van der Waals surface area contributed by atoms with Gasteiger partial charge in [0.25, 0.3) is 0 Å². The molecule has 0 saturated heterocycles. The molecule has 0 aliphatic rings. The van der Waals surface area contributed by atoms with Gasteiger partial charge in [0.1, 0.15) is 17.4 Å². The van der Waals surface area contributed by atoms with Crippen LogP contribution in [0.2, 0.25) is 0 Å². The molecule has 5 nitrogen and oxygen atoms in total. The molecule has 104 valence electrons. The zero-order chi connectivity index (χ0) is 14.6. The third-order valence-corrected chi connectivity index (χ3v) is 3.00. The molecule has 1 N–H and O–H groups in total. The number of methoxy groups -OCH3 is 2. The van der Waals surface area contributed by atoms with Crippen LogP contribution in [0.3, 0.4) is 0 Å². The first-order valence-corrected chi connectivity index (χ1v) is 5.95. The molecule has 0 amide bonds. The Kier molecular flexibility index (Phi) is 4.92. The van der Waals surface area contributed by atoms with Crippen molar-refractivity contribution in [3.63, 3.8) is 0 Å². The number of rotatable bonds is 6. The van der Waals surface area contributed by atoms with Gasteiger partial charge in [-0.15, -0.1) is 0 Å². The fourth-order valence-electron chi connectivity index (χ4n) is 1.96. The highest BCUT2D eigenvalue weighted by atomic mass is 16.5. The average molecular weight is 266 g/mol. The van der Waals surface area contributed by atoms with Gasteiger partial charge < -0.3 is 14.6 Å². The van der Waals surface area contributed by atoms with Crippen LogP contribution in [0.1, 0.15) is 29.3 Å². The minimum absolute atomic E-state index is 0.239. The highest BCUT2D eigenvalue weighted by Crippen LogP contribution is 2.31. The number of carbonyl (C=O) groups is 2. The van der Waals surface area contributed by atoms with Crippen LogP contribution in [0, 0.1) is 12.8 Å². The molecule has 0 aromatic heterocycles.